The molecule has 21 heavy (non-hydrogen) atoms. The van der Waals surface area contributed by atoms with E-state index in [1.165, 1.54) is 25.5 Å². The van der Waals surface area contributed by atoms with Crippen LogP contribution >= 0.6 is 0 Å². The molecule has 0 aliphatic heterocycles. The standard InChI is InChI=1S/C15H13F3N2O/c1-21-14-11(6-5-9-13(14)15(16,17)18)10-19-20-12-7-3-2-4-8-12/h2-10,20H,1H3. The second kappa shape index (κ2) is 6.30. The lowest BCUT2D eigenvalue weighted by Crippen LogP contribution is -2.09. The molecule has 110 valence electrons. The summed E-state index contributed by atoms with van der Waals surface area (Å²) in [6.45, 7) is 0. The van der Waals surface area contributed by atoms with E-state index < -0.39 is 11.7 Å². The van der Waals surface area contributed by atoms with Crippen molar-refractivity contribution < 1.29 is 17.9 Å². The summed E-state index contributed by atoms with van der Waals surface area (Å²) in [6.07, 6.45) is -3.18. The highest BCUT2D eigenvalue weighted by atomic mass is 19.4. The van der Waals surface area contributed by atoms with Crippen LogP contribution in [0.3, 0.4) is 0 Å². The van der Waals surface area contributed by atoms with E-state index in [1.807, 2.05) is 18.2 Å². The molecule has 0 aliphatic rings. The molecule has 0 atom stereocenters. The summed E-state index contributed by atoms with van der Waals surface area (Å²) in [5.74, 6) is -0.247. The predicted molar refractivity (Wildman–Crippen MR) is 75.7 cm³/mol. The van der Waals surface area contributed by atoms with Crippen LogP contribution in [-0.4, -0.2) is 13.3 Å². The van der Waals surface area contributed by atoms with Gasteiger partial charge < -0.3 is 4.74 Å². The van der Waals surface area contributed by atoms with E-state index >= 15 is 0 Å². The van der Waals surface area contributed by atoms with E-state index in [9.17, 15) is 13.2 Å². The lowest BCUT2D eigenvalue weighted by atomic mass is 10.1. The van der Waals surface area contributed by atoms with Crippen molar-refractivity contribution in [3.05, 3.63) is 59.7 Å². The number of hydrazone groups is 1. The summed E-state index contributed by atoms with van der Waals surface area (Å²) in [4.78, 5) is 0. The number of hydrogen-bond acceptors (Lipinski definition) is 3. The van der Waals surface area contributed by atoms with Crippen LogP contribution in [0.4, 0.5) is 18.9 Å². The van der Waals surface area contributed by atoms with E-state index in [1.54, 1.807) is 12.1 Å². The molecule has 2 aromatic carbocycles. The van der Waals surface area contributed by atoms with E-state index in [0.29, 0.717) is 0 Å². The molecule has 0 aromatic heterocycles. The number of nitrogens with zero attached hydrogens (tertiary/aromatic N) is 1. The smallest absolute Gasteiger partial charge is 0.419 e. The van der Waals surface area contributed by atoms with Gasteiger partial charge in [0, 0.05) is 5.56 Å². The maximum absolute atomic E-state index is 12.9. The van der Waals surface area contributed by atoms with Crippen LogP contribution in [0.5, 0.6) is 5.75 Å². The molecule has 0 aliphatic carbocycles. The van der Waals surface area contributed by atoms with Crippen LogP contribution in [0, 0.1) is 0 Å². The fourth-order valence-corrected chi connectivity index (χ4v) is 1.80. The molecule has 6 heteroatoms. The lowest BCUT2D eigenvalue weighted by Gasteiger charge is -2.13. The molecule has 0 unspecified atom stereocenters. The number of hydrogen-bond donors (Lipinski definition) is 1. The second-order valence-electron chi connectivity index (χ2n) is 4.16. The third-order valence-corrected chi connectivity index (χ3v) is 2.73. The highest BCUT2D eigenvalue weighted by Crippen LogP contribution is 2.37. The number of benzene rings is 2. The number of para-hydroxylation sites is 2. The Hall–Kier alpha value is -2.50. The summed E-state index contributed by atoms with van der Waals surface area (Å²) >= 11 is 0. The zero-order valence-electron chi connectivity index (χ0n) is 11.2. The van der Waals surface area contributed by atoms with E-state index in [4.69, 9.17) is 4.74 Å². The Kier molecular flexibility index (Phi) is 4.47. The van der Waals surface area contributed by atoms with Crippen LogP contribution in [0.2, 0.25) is 0 Å². The average molecular weight is 294 g/mol. The van der Waals surface area contributed by atoms with Gasteiger partial charge in [-0.2, -0.15) is 18.3 Å². The molecular formula is C15H13F3N2O. The number of ether oxygens (including phenoxy) is 1. The molecule has 2 rings (SSSR count). The van der Waals surface area contributed by atoms with Crippen molar-refractivity contribution in [1.29, 1.82) is 0 Å². The minimum absolute atomic E-state index is 0.246. The number of alkyl halides is 3. The molecule has 0 saturated heterocycles. The van der Waals surface area contributed by atoms with Gasteiger partial charge in [0.15, 0.2) is 0 Å². The maximum Gasteiger partial charge on any atom is 0.419 e. The maximum atomic E-state index is 12.9. The van der Waals surface area contributed by atoms with Crippen molar-refractivity contribution >= 4 is 11.9 Å². The lowest BCUT2D eigenvalue weighted by molar-refractivity contribution is -0.138. The highest BCUT2D eigenvalue weighted by Gasteiger charge is 2.34. The monoisotopic (exact) mass is 294 g/mol. The van der Waals surface area contributed by atoms with Crippen molar-refractivity contribution in [3.8, 4) is 5.75 Å². The quantitative estimate of drug-likeness (QED) is 0.678. The van der Waals surface area contributed by atoms with E-state index in [2.05, 4.69) is 10.5 Å². The highest BCUT2D eigenvalue weighted by molar-refractivity contribution is 5.85. The summed E-state index contributed by atoms with van der Waals surface area (Å²) in [7, 11) is 1.20. The summed E-state index contributed by atoms with van der Waals surface area (Å²) in [5.41, 5.74) is 2.89. The Balaban J connectivity index is 2.24. The minimum Gasteiger partial charge on any atom is -0.495 e. The third-order valence-electron chi connectivity index (χ3n) is 2.73. The number of rotatable bonds is 4. The van der Waals surface area contributed by atoms with Gasteiger partial charge in [-0.05, 0) is 24.3 Å². The fourth-order valence-electron chi connectivity index (χ4n) is 1.80. The molecular weight excluding hydrogens is 281 g/mol. The molecule has 3 nitrogen and oxygen atoms in total. The first-order chi connectivity index (χ1) is 10.0. The Morgan fingerprint density at radius 2 is 1.76 bits per heavy atom. The Morgan fingerprint density at radius 1 is 1.05 bits per heavy atom. The van der Waals surface area contributed by atoms with Gasteiger partial charge in [-0.3, -0.25) is 5.43 Å². The summed E-state index contributed by atoms with van der Waals surface area (Å²) < 4.78 is 43.5. The third kappa shape index (κ3) is 3.75. The first-order valence-electron chi connectivity index (χ1n) is 6.10. The molecule has 2 aromatic rings. The average Bonchev–Trinajstić information content (AvgIpc) is 2.47. The topological polar surface area (TPSA) is 33.6 Å². The summed E-state index contributed by atoms with van der Waals surface area (Å²) in [5, 5.41) is 3.92. The van der Waals surface area contributed by atoms with Gasteiger partial charge >= 0.3 is 6.18 Å². The number of nitrogens with one attached hydrogen (secondary N) is 1. The molecule has 0 bridgehead atoms. The first kappa shape index (κ1) is 14.9. The Morgan fingerprint density at radius 3 is 2.38 bits per heavy atom. The Bertz CT molecular complexity index is 625. The Labute approximate surface area is 120 Å². The van der Waals surface area contributed by atoms with Gasteiger partial charge in [0.1, 0.15) is 5.75 Å². The van der Waals surface area contributed by atoms with Gasteiger partial charge in [-0.15, -0.1) is 0 Å². The molecule has 0 saturated carbocycles. The van der Waals surface area contributed by atoms with Crippen LogP contribution in [0.25, 0.3) is 0 Å². The van der Waals surface area contributed by atoms with Crippen molar-refractivity contribution in [2.24, 2.45) is 5.10 Å². The molecule has 0 spiro atoms. The van der Waals surface area contributed by atoms with Gasteiger partial charge in [-0.1, -0.05) is 24.3 Å². The second-order valence-corrected chi connectivity index (χ2v) is 4.16. The zero-order chi connectivity index (χ0) is 15.3. The van der Waals surface area contributed by atoms with Crippen molar-refractivity contribution in [3.63, 3.8) is 0 Å². The number of anilines is 1. The van der Waals surface area contributed by atoms with Crippen LogP contribution in [0.15, 0.2) is 53.6 Å². The van der Waals surface area contributed by atoms with E-state index in [-0.39, 0.29) is 11.3 Å². The zero-order valence-corrected chi connectivity index (χ0v) is 11.2. The van der Waals surface area contributed by atoms with Gasteiger partial charge in [0.2, 0.25) is 0 Å². The largest absolute Gasteiger partial charge is 0.495 e. The predicted octanol–water partition coefficient (Wildman–Crippen LogP) is 4.16. The van der Waals surface area contributed by atoms with Gasteiger partial charge in [0.25, 0.3) is 0 Å². The SMILES string of the molecule is COc1c(C=NNc2ccccc2)cccc1C(F)(F)F. The van der Waals surface area contributed by atoms with E-state index in [0.717, 1.165) is 11.8 Å². The minimum atomic E-state index is -4.47. The molecule has 1 N–H and O–H groups in total. The van der Waals surface area contributed by atoms with Crippen LogP contribution in [0.1, 0.15) is 11.1 Å². The number of methoxy groups -OCH3 is 1. The molecule has 0 fully saturated rings. The van der Waals surface area contributed by atoms with Gasteiger partial charge in [0.05, 0.1) is 24.6 Å². The molecule has 0 heterocycles. The first-order valence-corrected chi connectivity index (χ1v) is 6.10. The normalized spacial score (nSPS) is 11.6. The van der Waals surface area contributed by atoms with Crippen molar-refractivity contribution in [2.45, 2.75) is 6.18 Å². The van der Waals surface area contributed by atoms with Crippen molar-refractivity contribution in [1.82, 2.24) is 0 Å². The van der Waals surface area contributed by atoms with Crippen LogP contribution < -0.4 is 10.2 Å². The van der Waals surface area contributed by atoms with Gasteiger partial charge in [-0.25, -0.2) is 0 Å². The van der Waals surface area contributed by atoms with Crippen molar-refractivity contribution in [2.75, 3.05) is 12.5 Å². The van der Waals surface area contributed by atoms with Crippen LogP contribution in [-0.2, 0) is 6.18 Å². The fraction of sp³-hybridized carbons (Fsp3) is 0.133. The number of halogens is 3. The molecule has 0 radical (unpaired) electrons. The molecule has 0 amide bonds. The summed E-state index contributed by atoms with van der Waals surface area (Å²) in [6, 6.07) is 12.9.